The Morgan fingerprint density at radius 2 is 2.04 bits per heavy atom. The normalized spacial score (nSPS) is 11.1. The third-order valence-electron chi connectivity index (χ3n) is 4.41. The molecule has 0 atom stereocenters. The highest BCUT2D eigenvalue weighted by atomic mass is 19.1. The molecule has 3 heterocycles. The molecule has 0 aliphatic rings. The van der Waals surface area contributed by atoms with Gasteiger partial charge in [0.25, 0.3) is 5.69 Å². The van der Waals surface area contributed by atoms with Gasteiger partial charge in [0.2, 0.25) is 5.95 Å². The molecule has 0 unspecified atom stereocenters. The van der Waals surface area contributed by atoms with Gasteiger partial charge in [-0.25, -0.2) is 9.37 Å². The number of nitro groups is 1. The molecular weight excluding hydrogens is 365 g/mol. The molecule has 0 saturated heterocycles. The minimum absolute atomic E-state index is 0.0223. The molecule has 142 valence electrons. The Morgan fingerprint density at radius 3 is 2.71 bits per heavy atom. The second-order valence-electron chi connectivity index (χ2n) is 6.43. The van der Waals surface area contributed by atoms with Crippen molar-refractivity contribution in [3.8, 4) is 5.82 Å². The summed E-state index contributed by atoms with van der Waals surface area (Å²) < 4.78 is 17.7. The van der Waals surface area contributed by atoms with E-state index in [2.05, 4.69) is 20.4 Å². The van der Waals surface area contributed by atoms with E-state index in [1.54, 1.807) is 41.7 Å². The zero-order chi connectivity index (χ0) is 20.0. The first-order valence-electron chi connectivity index (χ1n) is 8.40. The molecule has 0 fully saturated rings. The topological polar surface area (TPSA) is 104 Å². The number of nitro benzene ring substituents is 1. The fourth-order valence-corrected chi connectivity index (χ4v) is 3.10. The maximum atomic E-state index is 14.5. The number of aryl methyl sites for hydroxylation is 3. The highest BCUT2D eigenvalue weighted by Crippen LogP contribution is 2.29. The van der Waals surface area contributed by atoms with Crippen LogP contribution in [0.4, 0.5) is 21.7 Å². The standard InChI is InChI=1S/C18H16FN7O2/c1-10-8-25(16-5-4-12(26(27)28)6-13(10)16)17-14(19)7-20-18(22-17)21-15-9-24(3)23-11(15)2/h4-9H,1-3H3,(H,20,21,22). The van der Waals surface area contributed by atoms with Crippen LogP contribution in [0.2, 0.25) is 0 Å². The summed E-state index contributed by atoms with van der Waals surface area (Å²) >= 11 is 0. The molecule has 0 amide bonds. The van der Waals surface area contributed by atoms with Gasteiger partial charge in [-0.15, -0.1) is 0 Å². The van der Waals surface area contributed by atoms with Gasteiger partial charge < -0.3 is 5.32 Å². The van der Waals surface area contributed by atoms with E-state index in [1.807, 2.05) is 6.92 Å². The molecule has 1 N–H and O–H groups in total. The van der Waals surface area contributed by atoms with Gasteiger partial charge in [0.05, 0.1) is 28.0 Å². The Bertz CT molecular complexity index is 1230. The van der Waals surface area contributed by atoms with Crippen molar-refractivity contribution in [2.45, 2.75) is 13.8 Å². The van der Waals surface area contributed by atoms with Crippen LogP contribution in [0.15, 0.2) is 36.8 Å². The van der Waals surface area contributed by atoms with Gasteiger partial charge in [0.15, 0.2) is 11.6 Å². The van der Waals surface area contributed by atoms with Crippen LogP contribution in [0.3, 0.4) is 0 Å². The van der Waals surface area contributed by atoms with Gasteiger partial charge in [-0.1, -0.05) is 0 Å². The van der Waals surface area contributed by atoms with Crippen LogP contribution in [0.1, 0.15) is 11.3 Å². The molecule has 0 spiro atoms. The lowest BCUT2D eigenvalue weighted by Crippen LogP contribution is -2.05. The highest BCUT2D eigenvalue weighted by Gasteiger charge is 2.17. The smallest absolute Gasteiger partial charge is 0.270 e. The fraction of sp³-hybridized carbons (Fsp3) is 0.167. The van der Waals surface area contributed by atoms with Crippen LogP contribution in [0.25, 0.3) is 16.7 Å². The van der Waals surface area contributed by atoms with Crippen LogP contribution in [-0.2, 0) is 7.05 Å². The van der Waals surface area contributed by atoms with E-state index in [4.69, 9.17) is 0 Å². The predicted molar refractivity (Wildman–Crippen MR) is 101 cm³/mol. The van der Waals surface area contributed by atoms with Crippen molar-refractivity contribution in [2.24, 2.45) is 7.05 Å². The van der Waals surface area contributed by atoms with Crippen molar-refractivity contribution in [3.05, 3.63) is 64.0 Å². The van der Waals surface area contributed by atoms with E-state index in [1.165, 1.54) is 12.1 Å². The SMILES string of the molecule is Cc1nn(C)cc1Nc1ncc(F)c(-n2cc(C)c3cc([N+](=O)[O-])ccc32)n1. The molecule has 4 rings (SSSR count). The van der Waals surface area contributed by atoms with E-state index in [0.717, 1.165) is 17.5 Å². The van der Waals surface area contributed by atoms with Crippen LogP contribution >= 0.6 is 0 Å². The minimum atomic E-state index is -0.608. The molecule has 9 nitrogen and oxygen atoms in total. The second kappa shape index (κ2) is 6.41. The summed E-state index contributed by atoms with van der Waals surface area (Å²) in [5.74, 6) is -0.344. The lowest BCUT2D eigenvalue weighted by molar-refractivity contribution is -0.384. The third kappa shape index (κ3) is 2.94. The number of hydrogen-bond donors (Lipinski definition) is 1. The van der Waals surface area contributed by atoms with Crippen molar-refractivity contribution >= 4 is 28.2 Å². The highest BCUT2D eigenvalue weighted by molar-refractivity contribution is 5.87. The molecular formula is C18H16FN7O2. The maximum Gasteiger partial charge on any atom is 0.270 e. The first kappa shape index (κ1) is 17.6. The maximum absolute atomic E-state index is 14.5. The fourth-order valence-electron chi connectivity index (χ4n) is 3.10. The second-order valence-corrected chi connectivity index (χ2v) is 6.43. The average Bonchev–Trinajstić information content (AvgIpc) is 3.15. The van der Waals surface area contributed by atoms with E-state index in [9.17, 15) is 14.5 Å². The first-order valence-corrected chi connectivity index (χ1v) is 8.40. The van der Waals surface area contributed by atoms with Crippen molar-refractivity contribution in [2.75, 3.05) is 5.32 Å². The summed E-state index contributed by atoms with van der Waals surface area (Å²) in [4.78, 5) is 18.9. The van der Waals surface area contributed by atoms with Crippen LogP contribution in [0, 0.1) is 29.8 Å². The zero-order valence-corrected chi connectivity index (χ0v) is 15.3. The Kier molecular flexibility index (Phi) is 4.03. The molecule has 0 bridgehead atoms. The largest absolute Gasteiger partial charge is 0.321 e. The molecule has 10 heteroatoms. The number of rotatable bonds is 4. The number of halogens is 1. The Morgan fingerprint density at radius 1 is 1.25 bits per heavy atom. The number of aromatic nitrogens is 5. The van der Waals surface area contributed by atoms with Gasteiger partial charge >= 0.3 is 0 Å². The summed E-state index contributed by atoms with van der Waals surface area (Å²) in [6.07, 6.45) is 4.55. The summed E-state index contributed by atoms with van der Waals surface area (Å²) in [6.45, 7) is 3.64. The number of anilines is 2. The lowest BCUT2D eigenvalue weighted by Gasteiger charge is -2.09. The van der Waals surface area contributed by atoms with Gasteiger partial charge in [0.1, 0.15) is 0 Å². The molecule has 0 saturated carbocycles. The lowest BCUT2D eigenvalue weighted by atomic mass is 10.2. The summed E-state index contributed by atoms with van der Waals surface area (Å²) in [5, 5.41) is 19.0. The quantitative estimate of drug-likeness (QED) is 0.428. The van der Waals surface area contributed by atoms with E-state index in [0.29, 0.717) is 16.6 Å². The van der Waals surface area contributed by atoms with Crippen LogP contribution in [-0.4, -0.2) is 29.2 Å². The van der Waals surface area contributed by atoms with Crippen molar-refractivity contribution in [1.82, 2.24) is 24.3 Å². The molecule has 4 aromatic rings. The Hall–Kier alpha value is -3.82. The molecule has 0 aliphatic carbocycles. The van der Waals surface area contributed by atoms with Crippen molar-refractivity contribution in [1.29, 1.82) is 0 Å². The predicted octanol–water partition coefficient (Wildman–Crippen LogP) is 3.56. The van der Waals surface area contributed by atoms with E-state index in [-0.39, 0.29) is 17.5 Å². The number of hydrogen-bond acceptors (Lipinski definition) is 6. The van der Waals surface area contributed by atoms with Crippen molar-refractivity contribution < 1.29 is 9.31 Å². The third-order valence-corrected chi connectivity index (χ3v) is 4.41. The molecule has 0 aliphatic heterocycles. The zero-order valence-electron chi connectivity index (χ0n) is 15.3. The van der Waals surface area contributed by atoms with Crippen LogP contribution < -0.4 is 5.32 Å². The number of non-ortho nitro benzene ring substituents is 1. The van der Waals surface area contributed by atoms with E-state index < -0.39 is 10.7 Å². The number of nitrogens with one attached hydrogen (secondary N) is 1. The number of fused-ring (bicyclic) bond motifs is 1. The van der Waals surface area contributed by atoms with Crippen molar-refractivity contribution in [3.63, 3.8) is 0 Å². The summed E-state index contributed by atoms with van der Waals surface area (Å²) in [5.41, 5.74) is 2.83. The summed E-state index contributed by atoms with van der Waals surface area (Å²) in [6, 6.07) is 4.44. The van der Waals surface area contributed by atoms with Gasteiger partial charge in [-0.05, 0) is 25.5 Å². The molecule has 1 aromatic carbocycles. The number of nitrogens with zero attached hydrogens (tertiary/aromatic N) is 6. The van der Waals surface area contributed by atoms with Gasteiger partial charge in [-0.2, -0.15) is 10.1 Å². The van der Waals surface area contributed by atoms with Gasteiger partial charge in [0, 0.05) is 37.0 Å². The van der Waals surface area contributed by atoms with E-state index >= 15 is 0 Å². The number of benzene rings is 1. The Labute approximate surface area is 158 Å². The summed E-state index contributed by atoms with van der Waals surface area (Å²) in [7, 11) is 1.79. The molecule has 0 radical (unpaired) electrons. The Balaban J connectivity index is 1.81. The van der Waals surface area contributed by atoms with Crippen LogP contribution in [0.5, 0.6) is 0 Å². The van der Waals surface area contributed by atoms with Gasteiger partial charge in [-0.3, -0.25) is 19.4 Å². The first-order chi connectivity index (χ1) is 13.3. The average molecular weight is 381 g/mol. The monoisotopic (exact) mass is 381 g/mol. The minimum Gasteiger partial charge on any atom is -0.321 e. The molecule has 28 heavy (non-hydrogen) atoms. The molecule has 3 aromatic heterocycles.